The number of hydrogen-bond donors (Lipinski definition) is 1. The first kappa shape index (κ1) is 22.7. The van der Waals surface area contributed by atoms with Crippen LogP contribution in [0.15, 0.2) is 47.4 Å². The number of thioether (sulfide) groups is 1. The Morgan fingerprint density at radius 1 is 1.17 bits per heavy atom. The minimum Gasteiger partial charge on any atom is -0.497 e. The van der Waals surface area contributed by atoms with Gasteiger partial charge in [-0.25, -0.2) is 0 Å². The van der Waals surface area contributed by atoms with E-state index in [0.29, 0.717) is 33.4 Å². The van der Waals surface area contributed by atoms with Crippen LogP contribution in [0.1, 0.15) is 21.6 Å². The van der Waals surface area contributed by atoms with Gasteiger partial charge in [-0.05, 0) is 60.7 Å². The van der Waals surface area contributed by atoms with Gasteiger partial charge >= 0.3 is 0 Å². The summed E-state index contributed by atoms with van der Waals surface area (Å²) in [6.45, 7) is 2.09. The average Bonchev–Trinajstić information content (AvgIpc) is 3.42. The summed E-state index contributed by atoms with van der Waals surface area (Å²) in [5, 5.41) is 3.20. The molecule has 5 rings (SSSR count). The van der Waals surface area contributed by atoms with Gasteiger partial charge in [-0.3, -0.25) is 24.3 Å². The number of nitrogens with zero attached hydrogens (tertiary/aromatic N) is 2. The summed E-state index contributed by atoms with van der Waals surface area (Å²) < 4.78 is 15.9. The zero-order valence-corrected chi connectivity index (χ0v) is 19.8. The first-order chi connectivity index (χ1) is 16.9. The lowest BCUT2D eigenvalue weighted by Gasteiger charge is -2.14. The molecule has 10 heteroatoms. The molecule has 2 aliphatic rings. The Labute approximate surface area is 205 Å². The van der Waals surface area contributed by atoms with E-state index in [1.54, 1.807) is 56.5 Å². The van der Waals surface area contributed by atoms with Crippen LogP contribution < -0.4 is 19.5 Å². The molecule has 0 aliphatic carbocycles. The third kappa shape index (κ3) is 4.52. The Morgan fingerprint density at radius 3 is 2.83 bits per heavy atom. The molecule has 1 saturated heterocycles. The quantitative estimate of drug-likeness (QED) is 0.520. The van der Waals surface area contributed by atoms with Crippen LogP contribution in [-0.2, 0) is 4.79 Å². The molecular weight excluding hydrogens is 470 g/mol. The molecule has 0 spiro atoms. The molecular formula is C25H21N3O6S. The second-order valence-electron chi connectivity index (χ2n) is 7.88. The molecule has 1 N–H and O–H groups in total. The number of carbonyl (C=O) groups excluding carboxylic acids is 3. The molecule has 0 atom stereocenters. The van der Waals surface area contributed by atoms with Gasteiger partial charge in [0.2, 0.25) is 6.79 Å². The number of benzene rings is 2. The van der Waals surface area contributed by atoms with E-state index in [0.717, 1.165) is 33.1 Å². The van der Waals surface area contributed by atoms with E-state index in [1.165, 1.54) is 0 Å². The number of fused-ring (bicyclic) bond motifs is 2. The number of methoxy groups -OCH3 is 1. The van der Waals surface area contributed by atoms with Gasteiger partial charge in [0.05, 0.1) is 28.8 Å². The van der Waals surface area contributed by atoms with Crippen molar-refractivity contribution in [2.24, 2.45) is 0 Å². The number of hydrogen-bond acceptors (Lipinski definition) is 8. The molecule has 0 radical (unpaired) electrons. The highest BCUT2D eigenvalue weighted by atomic mass is 32.2. The number of pyridine rings is 1. The Balaban J connectivity index is 1.23. The van der Waals surface area contributed by atoms with Crippen LogP contribution in [0.4, 0.5) is 4.79 Å². The monoisotopic (exact) mass is 491 g/mol. The van der Waals surface area contributed by atoms with E-state index in [2.05, 4.69) is 10.3 Å². The number of carbonyl (C=O) groups is 3. The Kier molecular flexibility index (Phi) is 6.04. The summed E-state index contributed by atoms with van der Waals surface area (Å²) in [6.07, 6.45) is 1.64. The number of amides is 3. The van der Waals surface area contributed by atoms with Crippen LogP contribution in [0.2, 0.25) is 0 Å². The normalized spacial score (nSPS) is 15.8. The van der Waals surface area contributed by atoms with Crippen molar-refractivity contribution in [3.8, 4) is 17.2 Å². The fourth-order valence-corrected chi connectivity index (χ4v) is 4.69. The molecule has 0 saturated carbocycles. The van der Waals surface area contributed by atoms with Crippen molar-refractivity contribution in [1.29, 1.82) is 0 Å². The van der Waals surface area contributed by atoms with Crippen molar-refractivity contribution in [1.82, 2.24) is 15.2 Å². The van der Waals surface area contributed by atoms with Crippen molar-refractivity contribution in [2.75, 3.05) is 27.0 Å². The van der Waals surface area contributed by atoms with E-state index in [1.807, 2.05) is 6.07 Å². The van der Waals surface area contributed by atoms with Crippen LogP contribution in [0.3, 0.4) is 0 Å². The van der Waals surface area contributed by atoms with Crippen molar-refractivity contribution in [2.45, 2.75) is 6.92 Å². The zero-order valence-electron chi connectivity index (χ0n) is 19.0. The maximum Gasteiger partial charge on any atom is 0.293 e. The summed E-state index contributed by atoms with van der Waals surface area (Å²) in [4.78, 5) is 43.9. The largest absolute Gasteiger partial charge is 0.497 e. The highest BCUT2D eigenvalue weighted by Crippen LogP contribution is 2.36. The van der Waals surface area contributed by atoms with Gasteiger partial charge in [0.1, 0.15) is 5.75 Å². The summed E-state index contributed by atoms with van der Waals surface area (Å²) in [7, 11) is 1.58. The minimum absolute atomic E-state index is 0.0616. The van der Waals surface area contributed by atoms with Crippen molar-refractivity contribution in [3.05, 3.63) is 64.2 Å². The van der Waals surface area contributed by atoms with E-state index >= 15 is 0 Å². The molecule has 35 heavy (non-hydrogen) atoms. The van der Waals surface area contributed by atoms with Gasteiger partial charge in [-0.1, -0.05) is 6.07 Å². The van der Waals surface area contributed by atoms with Crippen molar-refractivity contribution >= 4 is 45.8 Å². The molecule has 2 aliphatic heterocycles. The third-order valence-electron chi connectivity index (χ3n) is 5.65. The number of nitrogens with one attached hydrogen (secondary N) is 1. The molecule has 1 fully saturated rings. The molecule has 2 aromatic carbocycles. The molecule has 3 aromatic rings. The average molecular weight is 492 g/mol. The SMILES string of the molecule is COc1ccc2cc(C(=O)NCCN3C(=O)S/C(=C\c4ccc5c(c4)OCO5)C3=O)c(C)nc2c1. The maximum atomic E-state index is 12.8. The van der Waals surface area contributed by atoms with E-state index in [-0.39, 0.29) is 31.0 Å². The molecule has 3 amide bonds. The Hall–Kier alpha value is -4.05. The van der Waals surface area contributed by atoms with E-state index in [9.17, 15) is 14.4 Å². The smallest absolute Gasteiger partial charge is 0.293 e. The second kappa shape index (κ2) is 9.30. The number of imide groups is 1. The van der Waals surface area contributed by atoms with Crippen LogP contribution >= 0.6 is 11.8 Å². The van der Waals surface area contributed by atoms with Crippen molar-refractivity contribution in [3.63, 3.8) is 0 Å². The van der Waals surface area contributed by atoms with Crippen LogP contribution in [0.25, 0.3) is 17.0 Å². The third-order valence-corrected chi connectivity index (χ3v) is 6.56. The highest BCUT2D eigenvalue weighted by Gasteiger charge is 2.34. The number of aromatic nitrogens is 1. The molecule has 0 bridgehead atoms. The molecule has 0 unspecified atom stereocenters. The lowest BCUT2D eigenvalue weighted by atomic mass is 10.1. The molecule has 178 valence electrons. The zero-order chi connectivity index (χ0) is 24.5. The number of ether oxygens (including phenoxy) is 3. The summed E-state index contributed by atoms with van der Waals surface area (Å²) in [6, 6.07) is 12.5. The summed E-state index contributed by atoms with van der Waals surface area (Å²) in [5.74, 6) is 1.20. The maximum absolute atomic E-state index is 12.8. The highest BCUT2D eigenvalue weighted by molar-refractivity contribution is 8.18. The summed E-state index contributed by atoms with van der Waals surface area (Å²) in [5.41, 5.74) is 2.45. The minimum atomic E-state index is -0.399. The fraction of sp³-hybridized carbons (Fsp3) is 0.200. The molecule has 1 aromatic heterocycles. The number of aryl methyl sites for hydroxylation is 1. The molecule has 3 heterocycles. The van der Waals surface area contributed by atoms with Crippen LogP contribution in [0, 0.1) is 6.92 Å². The lowest BCUT2D eigenvalue weighted by Crippen LogP contribution is -2.37. The summed E-state index contributed by atoms with van der Waals surface area (Å²) >= 11 is 0.865. The first-order valence-corrected chi connectivity index (χ1v) is 11.6. The Morgan fingerprint density at radius 2 is 2.00 bits per heavy atom. The van der Waals surface area contributed by atoms with E-state index in [4.69, 9.17) is 14.2 Å². The van der Waals surface area contributed by atoms with Gasteiger partial charge in [-0.15, -0.1) is 0 Å². The first-order valence-electron chi connectivity index (χ1n) is 10.8. The van der Waals surface area contributed by atoms with Gasteiger partial charge in [0.15, 0.2) is 11.5 Å². The van der Waals surface area contributed by atoms with Gasteiger partial charge < -0.3 is 19.5 Å². The number of rotatable bonds is 6. The van der Waals surface area contributed by atoms with Crippen molar-refractivity contribution < 1.29 is 28.6 Å². The van der Waals surface area contributed by atoms with Crippen LogP contribution in [-0.4, -0.2) is 53.9 Å². The Bertz CT molecular complexity index is 1400. The standard InChI is InChI=1S/C25H21N3O6S/c1-14-18(11-16-4-5-17(32-2)12-19(16)27-14)23(29)26-7-8-28-24(30)22(35-25(28)31)10-15-3-6-20-21(9-15)34-13-33-20/h3-6,9-12H,7-8,13H2,1-2H3,(H,26,29)/b22-10-. The van der Waals surface area contributed by atoms with Crippen LogP contribution in [0.5, 0.6) is 17.2 Å². The van der Waals surface area contributed by atoms with Gasteiger partial charge in [0.25, 0.3) is 17.1 Å². The van der Waals surface area contributed by atoms with E-state index < -0.39 is 5.91 Å². The predicted octanol–water partition coefficient (Wildman–Crippen LogP) is 3.75. The predicted molar refractivity (Wildman–Crippen MR) is 131 cm³/mol. The topological polar surface area (TPSA) is 107 Å². The second-order valence-corrected chi connectivity index (χ2v) is 8.88. The van der Waals surface area contributed by atoms with Gasteiger partial charge in [-0.2, -0.15) is 0 Å². The fourth-order valence-electron chi connectivity index (χ4n) is 3.82. The lowest BCUT2D eigenvalue weighted by molar-refractivity contribution is -0.122. The molecule has 9 nitrogen and oxygen atoms in total. The van der Waals surface area contributed by atoms with Gasteiger partial charge in [0, 0.05) is 24.5 Å².